The van der Waals surface area contributed by atoms with E-state index in [1.807, 2.05) is 19.1 Å². The third-order valence-corrected chi connectivity index (χ3v) is 3.78. The van der Waals surface area contributed by atoms with Gasteiger partial charge in [0.15, 0.2) is 0 Å². The monoisotopic (exact) mass is 205 g/mol. The van der Waals surface area contributed by atoms with Gasteiger partial charge in [-0.1, -0.05) is 12.2 Å². The molecule has 0 aliphatic rings. The first-order valence-corrected chi connectivity index (χ1v) is 6.20. The molecule has 0 atom stereocenters. The van der Waals surface area contributed by atoms with E-state index in [1.165, 1.54) is 4.31 Å². The molecule has 4 heteroatoms. The van der Waals surface area contributed by atoms with Gasteiger partial charge in [0.05, 0.1) is 5.75 Å². The summed E-state index contributed by atoms with van der Waals surface area (Å²) in [7, 11) is -1.34. The first-order chi connectivity index (χ1) is 6.04. The van der Waals surface area contributed by atoms with Crippen LogP contribution < -0.4 is 0 Å². The summed E-state index contributed by atoms with van der Waals surface area (Å²) in [4.78, 5) is 0. The third kappa shape index (κ3) is 5.05. The molecule has 13 heavy (non-hydrogen) atoms. The summed E-state index contributed by atoms with van der Waals surface area (Å²) < 4.78 is 24.0. The maximum atomic E-state index is 11.3. The Morgan fingerprint density at radius 2 is 2.00 bits per heavy atom. The molecule has 0 saturated heterocycles. The van der Waals surface area contributed by atoms with Gasteiger partial charge in [-0.15, -0.1) is 0 Å². The van der Waals surface area contributed by atoms with E-state index < -0.39 is 10.0 Å². The maximum absolute atomic E-state index is 11.3. The van der Waals surface area contributed by atoms with E-state index in [4.69, 9.17) is 0 Å². The topological polar surface area (TPSA) is 37.4 Å². The zero-order valence-corrected chi connectivity index (χ0v) is 9.47. The molecular formula is C9H19NO2S. The minimum Gasteiger partial charge on any atom is -0.212 e. The van der Waals surface area contributed by atoms with Crippen LogP contribution in [0.25, 0.3) is 0 Å². The van der Waals surface area contributed by atoms with Crippen molar-refractivity contribution in [1.29, 1.82) is 0 Å². The van der Waals surface area contributed by atoms with E-state index in [9.17, 15) is 8.42 Å². The van der Waals surface area contributed by atoms with Gasteiger partial charge in [0.1, 0.15) is 0 Å². The number of rotatable bonds is 6. The molecule has 0 spiro atoms. The second kappa shape index (κ2) is 6.16. The van der Waals surface area contributed by atoms with Crippen LogP contribution in [0.2, 0.25) is 0 Å². The van der Waals surface area contributed by atoms with Gasteiger partial charge in [-0.2, -0.15) is 0 Å². The molecule has 0 amide bonds. The van der Waals surface area contributed by atoms with Crippen LogP contribution in [0.15, 0.2) is 12.2 Å². The lowest BCUT2D eigenvalue weighted by Gasteiger charge is -2.14. The summed E-state index contributed by atoms with van der Waals surface area (Å²) in [6.07, 6.45) is 5.86. The molecule has 0 radical (unpaired) electrons. The van der Waals surface area contributed by atoms with Crippen LogP contribution in [-0.2, 0) is 10.0 Å². The fourth-order valence-corrected chi connectivity index (χ4v) is 1.81. The van der Waals surface area contributed by atoms with Crippen LogP contribution in [0.5, 0.6) is 0 Å². The number of unbranched alkanes of at least 4 members (excludes halogenated alkanes) is 1. The standard InChI is InChI=1S/C9H19NO2S/c1-4-6-7-8-9-10(3)13(11,12)5-2/h4,6H,5,7-9H2,1-3H3. The first kappa shape index (κ1) is 12.7. The number of sulfonamides is 1. The van der Waals surface area contributed by atoms with E-state index in [1.54, 1.807) is 14.0 Å². The Morgan fingerprint density at radius 1 is 1.38 bits per heavy atom. The van der Waals surface area contributed by atoms with E-state index in [2.05, 4.69) is 0 Å². The second-order valence-electron chi connectivity index (χ2n) is 2.93. The van der Waals surface area contributed by atoms with E-state index >= 15 is 0 Å². The maximum Gasteiger partial charge on any atom is 0.213 e. The number of nitrogens with zero attached hydrogens (tertiary/aromatic N) is 1. The summed E-state index contributed by atoms with van der Waals surface area (Å²) in [5.74, 6) is 0.188. The summed E-state index contributed by atoms with van der Waals surface area (Å²) in [6.45, 7) is 4.24. The zero-order valence-electron chi connectivity index (χ0n) is 8.66. The van der Waals surface area contributed by atoms with Crippen molar-refractivity contribution in [3.8, 4) is 0 Å². The largest absolute Gasteiger partial charge is 0.213 e. The Bertz CT molecular complexity index is 244. The van der Waals surface area contributed by atoms with Crippen LogP contribution in [0.3, 0.4) is 0 Å². The molecule has 0 N–H and O–H groups in total. The Morgan fingerprint density at radius 3 is 2.46 bits per heavy atom. The third-order valence-electron chi connectivity index (χ3n) is 1.92. The minimum atomic E-state index is -2.98. The van der Waals surface area contributed by atoms with E-state index in [0.29, 0.717) is 6.54 Å². The van der Waals surface area contributed by atoms with Gasteiger partial charge in [0.25, 0.3) is 0 Å². The lowest BCUT2D eigenvalue weighted by Crippen LogP contribution is -2.29. The minimum absolute atomic E-state index is 0.188. The SMILES string of the molecule is CC=CCCCN(C)S(=O)(=O)CC. The molecule has 0 heterocycles. The predicted molar refractivity (Wildman–Crippen MR) is 56.1 cm³/mol. The molecule has 0 saturated carbocycles. The molecule has 0 aromatic rings. The number of allylic oxidation sites excluding steroid dienone is 2. The van der Waals surface area contributed by atoms with E-state index in [-0.39, 0.29) is 5.75 Å². The summed E-state index contributed by atoms with van der Waals surface area (Å²) in [5.41, 5.74) is 0. The highest BCUT2D eigenvalue weighted by Gasteiger charge is 2.13. The number of hydrogen-bond acceptors (Lipinski definition) is 2. The molecule has 0 aromatic heterocycles. The Balaban J connectivity index is 3.81. The lowest BCUT2D eigenvalue weighted by atomic mass is 10.3. The van der Waals surface area contributed by atoms with Gasteiger partial charge < -0.3 is 0 Å². The summed E-state index contributed by atoms with van der Waals surface area (Å²) in [6, 6.07) is 0. The van der Waals surface area contributed by atoms with Gasteiger partial charge in [-0.05, 0) is 26.7 Å². The Hall–Kier alpha value is -0.350. The summed E-state index contributed by atoms with van der Waals surface area (Å²) in [5, 5.41) is 0. The van der Waals surface area contributed by atoms with Crippen molar-refractivity contribution in [2.24, 2.45) is 0 Å². The van der Waals surface area contributed by atoms with Crippen molar-refractivity contribution in [2.45, 2.75) is 26.7 Å². The highest BCUT2D eigenvalue weighted by atomic mass is 32.2. The number of hydrogen-bond donors (Lipinski definition) is 0. The van der Waals surface area contributed by atoms with Crippen molar-refractivity contribution in [3.63, 3.8) is 0 Å². The fraction of sp³-hybridized carbons (Fsp3) is 0.778. The predicted octanol–water partition coefficient (Wildman–Crippen LogP) is 1.62. The average Bonchev–Trinajstić information content (AvgIpc) is 2.12. The normalized spacial score (nSPS) is 12.9. The van der Waals surface area contributed by atoms with Gasteiger partial charge in [-0.3, -0.25) is 0 Å². The molecule has 0 aliphatic heterocycles. The van der Waals surface area contributed by atoms with Crippen LogP contribution >= 0.6 is 0 Å². The molecular weight excluding hydrogens is 186 g/mol. The van der Waals surface area contributed by atoms with E-state index in [0.717, 1.165) is 12.8 Å². The van der Waals surface area contributed by atoms with Crippen LogP contribution in [0, 0.1) is 0 Å². The molecule has 0 fully saturated rings. The molecule has 0 aromatic carbocycles. The van der Waals surface area contributed by atoms with Gasteiger partial charge >= 0.3 is 0 Å². The molecule has 0 rings (SSSR count). The first-order valence-electron chi connectivity index (χ1n) is 4.59. The lowest BCUT2D eigenvalue weighted by molar-refractivity contribution is 0.464. The molecule has 0 aliphatic carbocycles. The van der Waals surface area contributed by atoms with Gasteiger partial charge in [0.2, 0.25) is 10.0 Å². The van der Waals surface area contributed by atoms with Crippen molar-refractivity contribution in [3.05, 3.63) is 12.2 Å². The smallest absolute Gasteiger partial charge is 0.212 e. The van der Waals surface area contributed by atoms with Gasteiger partial charge in [0, 0.05) is 13.6 Å². The Labute approximate surface area is 81.5 Å². The van der Waals surface area contributed by atoms with Crippen molar-refractivity contribution in [1.82, 2.24) is 4.31 Å². The quantitative estimate of drug-likeness (QED) is 0.488. The van der Waals surface area contributed by atoms with Crippen LogP contribution in [-0.4, -0.2) is 32.1 Å². The zero-order chi connectivity index (χ0) is 10.3. The van der Waals surface area contributed by atoms with Crippen molar-refractivity contribution < 1.29 is 8.42 Å². The van der Waals surface area contributed by atoms with Crippen molar-refractivity contribution >= 4 is 10.0 Å². The highest BCUT2D eigenvalue weighted by molar-refractivity contribution is 7.89. The average molecular weight is 205 g/mol. The second-order valence-corrected chi connectivity index (χ2v) is 5.30. The summed E-state index contributed by atoms with van der Waals surface area (Å²) >= 11 is 0. The fourth-order valence-electron chi connectivity index (χ4n) is 0.958. The van der Waals surface area contributed by atoms with Crippen LogP contribution in [0.1, 0.15) is 26.7 Å². The molecule has 78 valence electrons. The molecule has 0 bridgehead atoms. The Kier molecular flexibility index (Phi) is 5.99. The van der Waals surface area contributed by atoms with Gasteiger partial charge in [-0.25, -0.2) is 12.7 Å². The highest BCUT2D eigenvalue weighted by Crippen LogP contribution is 2.01. The molecule has 0 unspecified atom stereocenters. The van der Waals surface area contributed by atoms with Crippen molar-refractivity contribution in [2.75, 3.05) is 19.3 Å². The van der Waals surface area contributed by atoms with Crippen LogP contribution in [0.4, 0.5) is 0 Å². The molecule has 3 nitrogen and oxygen atoms in total.